The molecule has 0 amide bonds. The number of halogens is 1. The van der Waals surface area contributed by atoms with E-state index in [1.165, 1.54) is 7.11 Å². The van der Waals surface area contributed by atoms with Crippen molar-refractivity contribution in [1.82, 2.24) is 0 Å². The number of carbonyl (C=O) groups excluding carboxylic acids is 1. The average molecular weight is 319 g/mol. The lowest BCUT2D eigenvalue weighted by molar-refractivity contribution is 0.0601. The predicted molar refractivity (Wildman–Crippen MR) is 76.1 cm³/mol. The molecule has 0 atom stereocenters. The van der Waals surface area contributed by atoms with Gasteiger partial charge in [-0.2, -0.15) is 10.2 Å². The average Bonchev–Trinajstić information content (AvgIpc) is 2.46. The second kappa shape index (κ2) is 6.24. The summed E-state index contributed by atoms with van der Waals surface area (Å²) in [7, 11) is 1.35. The standard InChI is InChI=1S/C14H11BrN2O2/c1-19-14(18)10-2-6-12(7-3-10)16-17-13-8-4-11(15)5-9-13/h2-9H,1H3. The Morgan fingerprint density at radius 3 is 1.89 bits per heavy atom. The van der Waals surface area contributed by atoms with Crippen LogP contribution in [0.5, 0.6) is 0 Å². The summed E-state index contributed by atoms with van der Waals surface area (Å²) >= 11 is 3.35. The van der Waals surface area contributed by atoms with Gasteiger partial charge in [-0.25, -0.2) is 4.79 Å². The lowest BCUT2D eigenvalue weighted by Gasteiger charge is -1.98. The molecule has 2 aromatic carbocycles. The van der Waals surface area contributed by atoms with E-state index >= 15 is 0 Å². The number of hydrogen-bond donors (Lipinski definition) is 0. The van der Waals surface area contributed by atoms with E-state index in [0.717, 1.165) is 10.2 Å². The predicted octanol–water partition coefficient (Wildman–Crippen LogP) is 4.65. The summed E-state index contributed by atoms with van der Waals surface area (Å²) in [5, 5.41) is 8.19. The van der Waals surface area contributed by atoms with E-state index in [1.54, 1.807) is 24.3 Å². The van der Waals surface area contributed by atoms with Crippen LogP contribution in [0, 0.1) is 0 Å². The Morgan fingerprint density at radius 1 is 0.947 bits per heavy atom. The molecule has 0 unspecified atom stereocenters. The molecule has 19 heavy (non-hydrogen) atoms. The number of methoxy groups -OCH3 is 1. The van der Waals surface area contributed by atoms with Crippen LogP contribution in [0.25, 0.3) is 0 Å². The van der Waals surface area contributed by atoms with Gasteiger partial charge >= 0.3 is 5.97 Å². The molecular formula is C14H11BrN2O2. The van der Waals surface area contributed by atoms with Crippen LogP contribution in [-0.4, -0.2) is 13.1 Å². The van der Waals surface area contributed by atoms with Crippen molar-refractivity contribution in [2.24, 2.45) is 10.2 Å². The molecule has 4 nitrogen and oxygen atoms in total. The minimum Gasteiger partial charge on any atom is -0.465 e. The molecule has 0 aliphatic rings. The molecule has 0 saturated carbocycles. The van der Waals surface area contributed by atoms with Crippen molar-refractivity contribution in [3.63, 3.8) is 0 Å². The van der Waals surface area contributed by atoms with Gasteiger partial charge in [0.25, 0.3) is 0 Å². The molecule has 0 heterocycles. The first-order valence-electron chi connectivity index (χ1n) is 5.55. The molecule has 0 bridgehead atoms. The molecule has 0 aliphatic heterocycles. The van der Waals surface area contributed by atoms with E-state index in [-0.39, 0.29) is 5.97 Å². The van der Waals surface area contributed by atoms with Crippen LogP contribution in [-0.2, 0) is 4.74 Å². The summed E-state index contributed by atoms with van der Waals surface area (Å²) in [6.45, 7) is 0. The van der Waals surface area contributed by atoms with Crippen molar-refractivity contribution < 1.29 is 9.53 Å². The highest BCUT2D eigenvalue weighted by Gasteiger charge is 2.03. The van der Waals surface area contributed by atoms with E-state index < -0.39 is 0 Å². The van der Waals surface area contributed by atoms with Crippen molar-refractivity contribution in [2.75, 3.05) is 7.11 Å². The Balaban J connectivity index is 2.11. The van der Waals surface area contributed by atoms with Crippen LogP contribution < -0.4 is 0 Å². The van der Waals surface area contributed by atoms with Gasteiger partial charge < -0.3 is 4.74 Å². The molecule has 0 aromatic heterocycles. The van der Waals surface area contributed by atoms with Crippen molar-refractivity contribution in [2.45, 2.75) is 0 Å². The number of hydrogen-bond acceptors (Lipinski definition) is 4. The van der Waals surface area contributed by atoms with Gasteiger partial charge in [-0.05, 0) is 48.5 Å². The maximum absolute atomic E-state index is 11.3. The number of ether oxygens (including phenoxy) is 1. The molecule has 2 rings (SSSR count). The number of rotatable bonds is 3. The Labute approximate surface area is 119 Å². The van der Waals surface area contributed by atoms with Crippen LogP contribution in [0.3, 0.4) is 0 Å². The summed E-state index contributed by atoms with van der Waals surface area (Å²) < 4.78 is 5.61. The van der Waals surface area contributed by atoms with E-state index in [9.17, 15) is 4.79 Å². The van der Waals surface area contributed by atoms with Gasteiger partial charge in [-0.3, -0.25) is 0 Å². The zero-order chi connectivity index (χ0) is 13.7. The van der Waals surface area contributed by atoms with Crippen LogP contribution in [0.15, 0.2) is 63.2 Å². The molecule has 0 spiro atoms. The third kappa shape index (κ3) is 3.72. The Bertz CT molecular complexity index is 592. The monoisotopic (exact) mass is 318 g/mol. The number of nitrogens with zero attached hydrogens (tertiary/aromatic N) is 2. The molecule has 0 fully saturated rings. The Morgan fingerprint density at radius 2 is 1.42 bits per heavy atom. The lowest BCUT2D eigenvalue weighted by Crippen LogP contribution is -1.99. The first-order chi connectivity index (χ1) is 9.19. The fourth-order valence-electron chi connectivity index (χ4n) is 1.41. The third-order valence-electron chi connectivity index (χ3n) is 2.40. The fourth-order valence-corrected chi connectivity index (χ4v) is 1.67. The Kier molecular flexibility index (Phi) is 4.41. The normalized spacial score (nSPS) is 10.6. The third-order valence-corrected chi connectivity index (χ3v) is 2.92. The summed E-state index contributed by atoms with van der Waals surface area (Å²) in [6.07, 6.45) is 0. The number of azo groups is 1. The maximum atomic E-state index is 11.3. The topological polar surface area (TPSA) is 51.0 Å². The number of carbonyl (C=O) groups is 1. The van der Waals surface area contributed by atoms with Gasteiger partial charge in [0.1, 0.15) is 0 Å². The number of benzene rings is 2. The first kappa shape index (κ1) is 13.4. The molecular weight excluding hydrogens is 308 g/mol. The van der Waals surface area contributed by atoms with Gasteiger partial charge in [-0.1, -0.05) is 15.9 Å². The van der Waals surface area contributed by atoms with Crippen molar-refractivity contribution in [1.29, 1.82) is 0 Å². The highest BCUT2D eigenvalue weighted by Crippen LogP contribution is 2.20. The lowest BCUT2D eigenvalue weighted by atomic mass is 10.2. The number of esters is 1. The highest BCUT2D eigenvalue weighted by molar-refractivity contribution is 9.10. The van der Waals surface area contributed by atoms with Gasteiger partial charge in [0.2, 0.25) is 0 Å². The maximum Gasteiger partial charge on any atom is 0.337 e. The zero-order valence-corrected chi connectivity index (χ0v) is 11.8. The molecule has 0 aliphatic carbocycles. The van der Waals surface area contributed by atoms with Crippen LogP contribution in [0.2, 0.25) is 0 Å². The molecule has 5 heteroatoms. The molecule has 2 aromatic rings. The second-order valence-corrected chi connectivity index (χ2v) is 4.63. The minimum absolute atomic E-state index is 0.364. The van der Waals surface area contributed by atoms with Gasteiger partial charge in [-0.15, -0.1) is 0 Å². The summed E-state index contributed by atoms with van der Waals surface area (Å²) in [5.41, 5.74) is 1.93. The van der Waals surface area contributed by atoms with Crippen molar-refractivity contribution in [3.05, 3.63) is 58.6 Å². The van der Waals surface area contributed by atoms with Gasteiger partial charge in [0.15, 0.2) is 0 Å². The summed E-state index contributed by atoms with van der Waals surface area (Å²) in [5.74, 6) is -0.364. The Hall–Kier alpha value is -2.01. The van der Waals surface area contributed by atoms with Crippen LogP contribution in [0.1, 0.15) is 10.4 Å². The SMILES string of the molecule is COC(=O)c1ccc(N=Nc2ccc(Br)cc2)cc1. The minimum atomic E-state index is -0.364. The van der Waals surface area contributed by atoms with E-state index in [4.69, 9.17) is 0 Å². The summed E-state index contributed by atoms with van der Waals surface area (Å²) in [6, 6.07) is 14.3. The van der Waals surface area contributed by atoms with Crippen molar-refractivity contribution in [3.8, 4) is 0 Å². The van der Waals surface area contributed by atoms with Crippen LogP contribution >= 0.6 is 15.9 Å². The fraction of sp³-hybridized carbons (Fsp3) is 0.0714. The molecule has 0 N–H and O–H groups in total. The quantitative estimate of drug-likeness (QED) is 0.611. The van der Waals surface area contributed by atoms with Gasteiger partial charge in [0, 0.05) is 4.47 Å². The van der Waals surface area contributed by atoms with E-state index in [1.807, 2.05) is 24.3 Å². The largest absolute Gasteiger partial charge is 0.465 e. The van der Waals surface area contributed by atoms with E-state index in [2.05, 4.69) is 30.9 Å². The smallest absolute Gasteiger partial charge is 0.337 e. The van der Waals surface area contributed by atoms with E-state index in [0.29, 0.717) is 11.3 Å². The van der Waals surface area contributed by atoms with Crippen LogP contribution in [0.4, 0.5) is 11.4 Å². The molecule has 0 saturated heterocycles. The second-order valence-electron chi connectivity index (χ2n) is 3.71. The van der Waals surface area contributed by atoms with Crippen molar-refractivity contribution >= 4 is 33.3 Å². The molecule has 0 radical (unpaired) electrons. The van der Waals surface area contributed by atoms with Gasteiger partial charge in [0.05, 0.1) is 24.0 Å². The molecule has 96 valence electrons. The summed E-state index contributed by atoms with van der Waals surface area (Å²) in [4.78, 5) is 11.3. The highest BCUT2D eigenvalue weighted by atomic mass is 79.9. The zero-order valence-electron chi connectivity index (χ0n) is 10.2. The first-order valence-corrected chi connectivity index (χ1v) is 6.34.